The normalized spacial score (nSPS) is 14.1. The van der Waals surface area contributed by atoms with Crippen molar-refractivity contribution >= 4 is 5.69 Å². The van der Waals surface area contributed by atoms with Crippen molar-refractivity contribution in [1.29, 1.82) is 0 Å². The van der Waals surface area contributed by atoms with E-state index in [9.17, 15) is 0 Å². The maximum absolute atomic E-state index is 5.93. The molecule has 1 aliphatic heterocycles. The van der Waals surface area contributed by atoms with Crippen molar-refractivity contribution in [3.8, 4) is 11.3 Å². The quantitative estimate of drug-likeness (QED) is 0.709. The second kappa shape index (κ2) is 3.08. The van der Waals surface area contributed by atoms with Crippen molar-refractivity contribution in [2.45, 2.75) is 19.4 Å². The van der Waals surface area contributed by atoms with Gasteiger partial charge in [0.15, 0.2) is 0 Å². The van der Waals surface area contributed by atoms with Gasteiger partial charge >= 0.3 is 0 Å². The lowest BCUT2D eigenvalue weighted by Gasteiger charge is -2.02. The van der Waals surface area contributed by atoms with E-state index in [1.54, 1.807) is 0 Å². The topological polar surface area (TPSA) is 56.7 Å². The number of aromatic nitrogens is 3. The highest BCUT2D eigenvalue weighted by Crippen LogP contribution is 2.29. The van der Waals surface area contributed by atoms with Gasteiger partial charge in [0.05, 0.1) is 5.69 Å². The van der Waals surface area contributed by atoms with E-state index >= 15 is 0 Å². The minimum absolute atomic E-state index is 0.771. The van der Waals surface area contributed by atoms with Crippen LogP contribution < -0.4 is 5.73 Å². The molecular formula is C11H12N4. The molecule has 0 radical (unpaired) electrons. The van der Waals surface area contributed by atoms with E-state index < -0.39 is 0 Å². The second-order valence-electron chi connectivity index (χ2n) is 3.80. The lowest BCUT2D eigenvalue weighted by molar-refractivity contribution is 0.623. The van der Waals surface area contributed by atoms with Gasteiger partial charge in [-0.3, -0.25) is 0 Å². The first kappa shape index (κ1) is 8.47. The van der Waals surface area contributed by atoms with Crippen molar-refractivity contribution in [2.75, 3.05) is 5.73 Å². The first-order valence-corrected chi connectivity index (χ1v) is 5.13. The highest BCUT2D eigenvalue weighted by Gasteiger charge is 2.19. The molecule has 0 saturated heterocycles. The average molecular weight is 200 g/mol. The molecule has 0 bridgehead atoms. The number of benzene rings is 1. The number of hydrogen-bond acceptors (Lipinski definition) is 3. The third kappa shape index (κ3) is 1.21. The Kier molecular flexibility index (Phi) is 1.74. The van der Waals surface area contributed by atoms with Gasteiger partial charge in [-0.05, 0) is 18.9 Å². The third-order valence-corrected chi connectivity index (χ3v) is 2.84. The molecule has 0 aliphatic carbocycles. The Morgan fingerprint density at radius 3 is 3.00 bits per heavy atom. The van der Waals surface area contributed by atoms with Crippen LogP contribution in [0.4, 0.5) is 5.69 Å². The molecule has 4 heteroatoms. The molecule has 2 N–H and O–H groups in total. The fourth-order valence-corrected chi connectivity index (χ4v) is 2.08. The summed E-state index contributed by atoms with van der Waals surface area (Å²) in [7, 11) is 0. The fourth-order valence-electron chi connectivity index (χ4n) is 2.08. The predicted molar refractivity (Wildman–Crippen MR) is 58.2 cm³/mol. The summed E-state index contributed by atoms with van der Waals surface area (Å²) in [5, 5.41) is 8.33. The van der Waals surface area contributed by atoms with E-state index in [2.05, 4.69) is 10.3 Å². The Bertz CT molecular complexity index is 501. The SMILES string of the molecule is Nc1ccccc1-c1nnn2c1CCC2. The van der Waals surface area contributed by atoms with Crippen LogP contribution in [0.2, 0.25) is 0 Å². The summed E-state index contributed by atoms with van der Waals surface area (Å²) in [6, 6.07) is 7.81. The van der Waals surface area contributed by atoms with Crippen LogP contribution in [0.3, 0.4) is 0 Å². The molecule has 0 amide bonds. The largest absolute Gasteiger partial charge is 0.398 e. The van der Waals surface area contributed by atoms with E-state index in [4.69, 9.17) is 5.73 Å². The molecule has 2 aromatic rings. The zero-order valence-corrected chi connectivity index (χ0v) is 8.35. The van der Waals surface area contributed by atoms with Crippen LogP contribution in [-0.4, -0.2) is 15.0 Å². The summed E-state index contributed by atoms with van der Waals surface area (Å²) in [5.74, 6) is 0. The molecule has 0 atom stereocenters. The van der Waals surface area contributed by atoms with Gasteiger partial charge in [-0.1, -0.05) is 23.4 Å². The highest BCUT2D eigenvalue weighted by atomic mass is 15.4. The van der Waals surface area contributed by atoms with E-state index in [1.807, 2.05) is 28.9 Å². The van der Waals surface area contributed by atoms with Gasteiger partial charge in [-0.2, -0.15) is 0 Å². The highest BCUT2D eigenvalue weighted by molar-refractivity contribution is 5.74. The van der Waals surface area contributed by atoms with Gasteiger partial charge < -0.3 is 5.73 Å². The molecular weight excluding hydrogens is 188 g/mol. The molecule has 1 aromatic heterocycles. The molecule has 0 spiro atoms. The molecule has 1 aromatic carbocycles. The molecule has 2 heterocycles. The lowest BCUT2D eigenvalue weighted by Crippen LogP contribution is -1.94. The zero-order chi connectivity index (χ0) is 10.3. The average Bonchev–Trinajstić information content (AvgIpc) is 2.80. The maximum Gasteiger partial charge on any atom is 0.118 e. The predicted octanol–water partition coefficient (Wildman–Crippen LogP) is 1.47. The van der Waals surface area contributed by atoms with Gasteiger partial charge in [0, 0.05) is 17.8 Å². The third-order valence-electron chi connectivity index (χ3n) is 2.84. The Hall–Kier alpha value is -1.84. The number of rotatable bonds is 1. The van der Waals surface area contributed by atoms with Crippen LogP contribution in [0.15, 0.2) is 24.3 Å². The summed E-state index contributed by atoms with van der Waals surface area (Å²) in [4.78, 5) is 0. The first-order valence-electron chi connectivity index (χ1n) is 5.13. The number of nitrogens with two attached hydrogens (primary N) is 1. The van der Waals surface area contributed by atoms with E-state index in [1.165, 1.54) is 5.69 Å². The summed E-state index contributed by atoms with van der Waals surface area (Å²) < 4.78 is 1.97. The number of nitrogen functional groups attached to an aromatic ring is 1. The van der Waals surface area contributed by atoms with Gasteiger partial charge in [0.25, 0.3) is 0 Å². The molecule has 3 rings (SSSR count). The van der Waals surface area contributed by atoms with Crippen LogP contribution in [0.5, 0.6) is 0 Å². The van der Waals surface area contributed by atoms with E-state index in [0.29, 0.717) is 0 Å². The molecule has 1 aliphatic rings. The first-order chi connectivity index (χ1) is 7.36. The fraction of sp³-hybridized carbons (Fsp3) is 0.273. The summed E-state index contributed by atoms with van der Waals surface area (Å²) in [6.07, 6.45) is 2.21. The molecule has 76 valence electrons. The van der Waals surface area contributed by atoms with Gasteiger partial charge in [-0.25, -0.2) is 4.68 Å². The number of hydrogen-bond donors (Lipinski definition) is 1. The summed E-state index contributed by atoms with van der Waals surface area (Å²) in [5.41, 5.74) is 9.87. The number of nitrogens with zero attached hydrogens (tertiary/aromatic N) is 3. The van der Waals surface area contributed by atoms with Gasteiger partial charge in [0.1, 0.15) is 5.69 Å². The molecule has 4 nitrogen and oxygen atoms in total. The zero-order valence-electron chi connectivity index (χ0n) is 8.35. The van der Waals surface area contributed by atoms with Crippen molar-refractivity contribution in [3.05, 3.63) is 30.0 Å². The molecule has 0 unspecified atom stereocenters. The Morgan fingerprint density at radius 1 is 1.27 bits per heavy atom. The number of fused-ring (bicyclic) bond motifs is 1. The smallest absolute Gasteiger partial charge is 0.118 e. The Morgan fingerprint density at radius 2 is 2.13 bits per heavy atom. The summed E-state index contributed by atoms with van der Waals surface area (Å²) >= 11 is 0. The monoisotopic (exact) mass is 200 g/mol. The van der Waals surface area contributed by atoms with Crippen LogP contribution in [0, 0.1) is 0 Å². The van der Waals surface area contributed by atoms with Crippen molar-refractivity contribution in [1.82, 2.24) is 15.0 Å². The standard InChI is InChI=1S/C11H12N4/c12-9-5-2-1-4-8(9)11-10-6-3-7-15(10)14-13-11/h1-2,4-5H,3,6-7,12H2. The lowest BCUT2D eigenvalue weighted by atomic mass is 10.1. The Balaban J connectivity index is 2.17. The van der Waals surface area contributed by atoms with E-state index in [0.717, 1.165) is 36.3 Å². The van der Waals surface area contributed by atoms with Crippen molar-refractivity contribution < 1.29 is 0 Å². The van der Waals surface area contributed by atoms with Crippen LogP contribution in [-0.2, 0) is 13.0 Å². The molecule has 0 fully saturated rings. The van der Waals surface area contributed by atoms with Crippen molar-refractivity contribution in [2.24, 2.45) is 0 Å². The Labute approximate surface area is 87.7 Å². The minimum atomic E-state index is 0.771. The van der Waals surface area contributed by atoms with Gasteiger partial charge in [-0.15, -0.1) is 5.10 Å². The number of para-hydroxylation sites is 1. The minimum Gasteiger partial charge on any atom is -0.398 e. The van der Waals surface area contributed by atoms with E-state index in [-0.39, 0.29) is 0 Å². The van der Waals surface area contributed by atoms with Gasteiger partial charge in [0.2, 0.25) is 0 Å². The van der Waals surface area contributed by atoms with Crippen LogP contribution >= 0.6 is 0 Å². The number of aryl methyl sites for hydroxylation is 1. The van der Waals surface area contributed by atoms with Crippen molar-refractivity contribution in [3.63, 3.8) is 0 Å². The van der Waals surface area contributed by atoms with Crippen LogP contribution in [0.1, 0.15) is 12.1 Å². The summed E-state index contributed by atoms with van der Waals surface area (Å²) in [6.45, 7) is 0.981. The number of anilines is 1. The second-order valence-corrected chi connectivity index (χ2v) is 3.80. The molecule has 0 saturated carbocycles. The maximum atomic E-state index is 5.93. The molecule has 15 heavy (non-hydrogen) atoms. The van der Waals surface area contributed by atoms with Crippen LogP contribution in [0.25, 0.3) is 11.3 Å².